The molecule has 0 radical (unpaired) electrons. The second-order valence-electron chi connectivity index (χ2n) is 7.93. The van der Waals surface area contributed by atoms with Crippen molar-refractivity contribution in [3.05, 3.63) is 71.3 Å². The van der Waals surface area contributed by atoms with E-state index in [4.69, 9.17) is 0 Å². The van der Waals surface area contributed by atoms with Gasteiger partial charge in [-0.05, 0) is 43.1 Å². The topological polar surface area (TPSA) is 64.7 Å². The summed E-state index contributed by atoms with van der Waals surface area (Å²) in [5.41, 5.74) is 3.44. The summed E-state index contributed by atoms with van der Waals surface area (Å²) >= 11 is 0. The number of nitrogens with one attached hydrogen (secondary N) is 2. The fraction of sp³-hybridized carbons (Fsp3) is 0.417. The van der Waals surface area contributed by atoms with Crippen molar-refractivity contribution in [1.29, 1.82) is 0 Å². The Balaban J connectivity index is 1.31. The first-order chi connectivity index (χ1) is 14.6. The van der Waals surface area contributed by atoms with Crippen LogP contribution in [0, 0.1) is 0 Å². The first-order valence-electron chi connectivity index (χ1n) is 10.7. The van der Waals surface area contributed by atoms with E-state index < -0.39 is 0 Å². The number of benzene rings is 2. The van der Waals surface area contributed by atoms with Crippen LogP contribution in [0.3, 0.4) is 0 Å². The lowest BCUT2D eigenvalue weighted by Gasteiger charge is -2.17. The molecule has 3 rings (SSSR count). The second kappa shape index (κ2) is 11.4. The number of amides is 3. The van der Waals surface area contributed by atoms with Crippen LogP contribution in [0.2, 0.25) is 0 Å². The lowest BCUT2D eigenvalue weighted by molar-refractivity contribution is -0.128. The van der Waals surface area contributed by atoms with Crippen LogP contribution < -0.4 is 10.6 Å². The van der Waals surface area contributed by atoms with Crippen LogP contribution in [-0.4, -0.2) is 48.4 Å². The number of carbonyl (C=O) groups excluding carboxylic acids is 2. The molecule has 160 valence electrons. The van der Waals surface area contributed by atoms with Gasteiger partial charge in [-0.15, -0.1) is 0 Å². The molecule has 30 heavy (non-hydrogen) atoms. The molecule has 2 N–H and O–H groups in total. The van der Waals surface area contributed by atoms with Gasteiger partial charge in [0.2, 0.25) is 5.91 Å². The first kappa shape index (κ1) is 21.8. The highest BCUT2D eigenvalue weighted by molar-refractivity contribution is 5.78. The summed E-state index contributed by atoms with van der Waals surface area (Å²) in [6, 6.07) is 18.3. The monoisotopic (exact) mass is 408 g/mol. The van der Waals surface area contributed by atoms with Gasteiger partial charge in [-0.1, -0.05) is 54.6 Å². The summed E-state index contributed by atoms with van der Waals surface area (Å²) < 4.78 is 0. The minimum Gasteiger partial charge on any atom is -0.338 e. The molecule has 0 aromatic heterocycles. The fourth-order valence-electron chi connectivity index (χ4n) is 3.70. The zero-order chi connectivity index (χ0) is 21.2. The number of carbonyl (C=O) groups is 2. The van der Waals surface area contributed by atoms with E-state index in [2.05, 4.69) is 52.9 Å². The van der Waals surface area contributed by atoms with E-state index >= 15 is 0 Å². The summed E-state index contributed by atoms with van der Waals surface area (Å²) in [5.74, 6) is 0.229. The maximum Gasteiger partial charge on any atom is 0.315 e. The van der Waals surface area contributed by atoms with Crippen molar-refractivity contribution >= 4 is 11.9 Å². The molecular formula is C24H32N4O2. The number of hydrogen-bond acceptors (Lipinski definition) is 3. The maximum absolute atomic E-state index is 12.1. The first-order valence-corrected chi connectivity index (χ1v) is 10.7. The van der Waals surface area contributed by atoms with E-state index in [-0.39, 0.29) is 11.9 Å². The molecule has 0 saturated carbocycles. The van der Waals surface area contributed by atoms with Gasteiger partial charge in [-0.2, -0.15) is 0 Å². The smallest absolute Gasteiger partial charge is 0.315 e. The average Bonchev–Trinajstić information content (AvgIpc) is 3.15. The molecule has 1 saturated heterocycles. The summed E-state index contributed by atoms with van der Waals surface area (Å²) in [4.78, 5) is 28.0. The number of rotatable bonds is 10. The number of hydrogen-bond donors (Lipinski definition) is 2. The molecule has 2 aromatic carbocycles. The Bertz CT molecular complexity index is 825. The summed E-state index contributed by atoms with van der Waals surface area (Å²) in [6.07, 6.45) is 2.50. The second-order valence-corrected chi connectivity index (χ2v) is 7.93. The van der Waals surface area contributed by atoms with Crippen LogP contribution in [0.25, 0.3) is 0 Å². The van der Waals surface area contributed by atoms with Crippen molar-refractivity contribution in [2.45, 2.75) is 38.9 Å². The molecule has 0 aliphatic carbocycles. The Morgan fingerprint density at radius 1 is 1.03 bits per heavy atom. The molecule has 0 bridgehead atoms. The highest BCUT2D eigenvalue weighted by atomic mass is 16.2. The van der Waals surface area contributed by atoms with Crippen molar-refractivity contribution < 1.29 is 9.59 Å². The normalized spacial score (nSPS) is 13.7. The van der Waals surface area contributed by atoms with Gasteiger partial charge >= 0.3 is 6.03 Å². The van der Waals surface area contributed by atoms with E-state index in [1.807, 2.05) is 29.2 Å². The molecule has 0 spiro atoms. The third-order valence-electron chi connectivity index (χ3n) is 5.29. The van der Waals surface area contributed by atoms with Crippen LogP contribution in [0.4, 0.5) is 4.79 Å². The minimum absolute atomic E-state index is 0.152. The fourth-order valence-corrected chi connectivity index (χ4v) is 3.70. The van der Waals surface area contributed by atoms with Crippen LogP contribution in [0.5, 0.6) is 0 Å². The SMILES string of the molecule is CN(CCCNC(=O)NCc1cccc(CN2CCCC2=O)c1)Cc1ccccc1. The molecule has 6 heteroatoms. The van der Waals surface area contributed by atoms with Gasteiger partial charge in [-0.25, -0.2) is 4.79 Å². The van der Waals surface area contributed by atoms with Crippen LogP contribution in [0.15, 0.2) is 54.6 Å². The number of urea groups is 1. The van der Waals surface area contributed by atoms with Crippen LogP contribution >= 0.6 is 0 Å². The lowest BCUT2D eigenvalue weighted by Crippen LogP contribution is -2.36. The predicted molar refractivity (Wildman–Crippen MR) is 119 cm³/mol. The Morgan fingerprint density at radius 3 is 2.57 bits per heavy atom. The van der Waals surface area contributed by atoms with Crippen molar-refractivity contribution in [3.8, 4) is 0 Å². The molecule has 6 nitrogen and oxygen atoms in total. The minimum atomic E-state index is -0.152. The molecule has 1 heterocycles. The molecule has 3 amide bonds. The third kappa shape index (κ3) is 7.19. The summed E-state index contributed by atoms with van der Waals surface area (Å²) in [5, 5.41) is 5.83. The standard InChI is InChI=1S/C24H32N4O2/c1-27(18-20-8-3-2-4-9-20)14-7-13-25-24(30)26-17-21-10-5-11-22(16-21)19-28-15-6-12-23(28)29/h2-5,8-11,16H,6-7,12-15,17-19H2,1H3,(H2,25,26,30). The van der Waals surface area contributed by atoms with E-state index in [1.165, 1.54) is 5.56 Å². The summed E-state index contributed by atoms with van der Waals surface area (Å²) in [6.45, 7) is 4.43. The molecule has 0 atom stereocenters. The van der Waals surface area contributed by atoms with Gasteiger partial charge in [0.15, 0.2) is 0 Å². The molecule has 2 aromatic rings. The van der Waals surface area contributed by atoms with Crippen LogP contribution in [0.1, 0.15) is 36.0 Å². The number of nitrogens with zero attached hydrogens (tertiary/aromatic N) is 2. The van der Waals surface area contributed by atoms with Gasteiger partial charge in [0.05, 0.1) is 0 Å². The molecule has 0 unspecified atom stereocenters. The highest BCUT2D eigenvalue weighted by Gasteiger charge is 2.19. The van der Waals surface area contributed by atoms with Crippen molar-refractivity contribution in [2.24, 2.45) is 0 Å². The Morgan fingerprint density at radius 2 is 1.80 bits per heavy atom. The molecule has 1 aliphatic heterocycles. The highest BCUT2D eigenvalue weighted by Crippen LogP contribution is 2.15. The van der Waals surface area contributed by atoms with E-state index in [0.29, 0.717) is 26.1 Å². The predicted octanol–water partition coefficient (Wildman–Crippen LogP) is 3.13. The zero-order valence-electron chi connectivity index (χ0n) is 17.8. The average molecular weight is 409 g/mol. The van der Waals surface area contributed by atoms with E-state index in [1.54, 1.807) is 0 Å². The zero-order valence-corrected chi connectivity index (χ0v) is 17.8. The quantitative estimate of drug-likeness (QED) is 0.594. The van der Waals surface area contributed by atoms with Gasteiger partial charge < -0.3 is 20.4 Å². The Labute approximate surface area is 179 Å². The van der Waals surface area contributed by atoms with Gasteiger partial charge in [0.25, 0.3) is 0 Å². The van der Waals surface area contributed by atoms with E-state index in [9.17, 15) is 9.59 Å². The largest absolute Gasteiger partial charge is 0.338 e. The van der Waals surface area contributed by atoms with Gasteiger partial charge in [0, 0.05) is 39.1 Å². The van der Waals surface area contributed by atoms with Gasteiger partial charge in [0.1, 0.15) is 0 Å². The van der Waals surface area contributed by atoms with Crippen molar-refractivity contribution in [2.75, 3.05) is 26.7 Å². The lowest BCUT2D eigenvalue weighted by atomic mass is 10.1. The summed E-state index contributed by atoms with van der Waals surface area (Å²) in [7, 11) is 2.09. The maximum atomic E-state index is 12.1. The molecule has 1 fully saturated rings. The van der Waals surface area contributed by atoms with Gasteiger partial charge in [-0.3, -0.25) is 4.79 Å². The number of likely N-dealkylation sites (tertiary alicyclic amines) is 1. The molecular weight excluding hydrogens is 376 g/mol. The van der Waals surface area contributed by atoms with E-state index in [0.717, 1.165) is 43.6 Å². The Hall–Kier alpha value is -2.86. The van der Waals surface area contributed by atoms with Crippen molar-refractivity contribution in [1.82, 2.24) is 20.4 Å². The molecule has 1 aliphatic rings. The third-order valence-corrected chi connectivity index (χ3v) is 5.29. The van der Waals surface area contributed by atoms with Crippen LogP contribution in [-0.2, 0) is 24.4 Å². The van der Waals surface area contributed by atoms with Crippen molar-refractivity contribution in [3.63, 3.8) is 0 Å². The Kier molecular flexibility index (Phi) is 8.27.